The van der Waals surface area contributed by atoms with Gasteiger partial charge in [0.05, 0.1) is 12.7 Å². The molecule has 1 aromatic carbocycles. The van der Waals surface area contributed by atoms with Crippen molar-refractivity contribution in [2.75, 3.05) is 12.4 Å². The van der Waals surface area contributed by atoms with Crippen LogP contribution < -0.4 is 0 Å². The molecule has 1 saturated heterocycles. The van der Waals surface area contributed by atoms with E-state index in [1.54, 1.807) is 0 Å². The van der Waals surface area contributed by atoms with Crippen molar-refractivity contribution in [3.8, 4) is 0 Å². The molecule has 2 rings (SSSR count). The number of rotatable bonds is 4. The van der Waals surface area contributed by atoms with Crippen LogP contribution in [0.25, 0.3) is 6.08 Å². The Labute approximate surface area is 82.8 Å². The second-order valence-electron chi connectivity index (χ2n) is 3.04. The highest BCUT2D eigenvalue weighted by molar-refractivity contribution is 7.99. The normalized spacial score (nSPS) is 19.8. The topological polar surface area (TPSA) is 12.5 Å². The predicted molar refractivity (Wildman–Crippen MR) is 57.0 cm³/mol. The minimum atomic E-state index is 0.504. The van der Waals surface area contributed by atoms with Gasteiger partial charge < -0.3 is 4.74 Å². The SMILES string of the molecule is C=Cc1ccc(SCC2CO2)cc1. The smallest absolute Gasteiger partial charge is 0.0903 e. The summed E-state index contributed by atoms with van der Waals surface area (Å²) in [6, 6.07) is 8.43. The third-order valence-electron chi connectivity index (χ3n) is 1.95. The number of epoxide rings is 1. The summed E-state index contributed by atoms with van der Waals surface area (Å²) in [5, 5.41) is 0. The average Bonchev–Trinajstić information content (AvgIpc) is 2.99. The third-order valence-corrected chi connectivity index (χ3v) is 3.10. The molecule has 0 aromatic heterocycles. The zero-order valence-electron chi connectivity index (χ0n) is 7.40. The predicted octanol–water partition coefficient (Wildman–Crippen LogP) is 2.82. The van der Waals surface area contributed by atoms with Crippen LogP contribution in [0.1, 0.15) is 5.56 Å². The Kier molecular flexibility index (Phi) is 2.71. The summed E-state index contributed by atoms with van der Waals surface area (Å²) in [7, 11) is 0. The van der Waals surface area contributed by atoms with E-state index in [0.29, 0.717) is 6.10 Å². The van der Waals surface area contributed by atoms with E-state index in [1.165, 1.54) is 10.5 Å². The van der Waals surface area contributed by atoms with Gasteiger partial charge in [0.15, 0.2) is 0 Å². The summed E-state index contributed by atoms with van der Waals surface area (Å²) in [4.78, 5) is 1.31. The fourth-order valence-corrected chi connectivity index (χ4v) is 1.95. The molecule has 0 spiro atoms. The molecule has 1 aromatic rings. The van der Waals surface area contributed by atoms with Gasteiger partial charge in [0.25, 0.3) is 0 Å². The van der Waals surface area contributed by atoms with Gasteiger partial charge in [-0.2, -0.15) is 0 Å². The van der Waals surface area contributed by atoms with Gasteiger partial charge in [-0.3, -0.25) is 0 Å². The minimum Gasteiger partial charge on any atom is -0.372 e. The second kappa shape index (κ2) is 3.99. The molecule has 0 bridgehead atoms. The molecule has 13 heavy (non-hydrogen) atoms. The molecule has 0 N–H and O–H groups in total. The summed E-state index contributed by atoms with van der Waals surface area (Å²) < 4.78 is 5.14. The van der Waals surface area contributed by atoms with Crippen LogP contribution in [0.2, 0.25) is 0 Å². The third kappa shape index (κ3) is 2.61. The molecule has 0 saturated carbocycles. The Morgan fingerprint density at radius 1 is 1.46 bits per heavy atom. The van der Waals surface area contributed by atoms with Crippen LogP contribution in [0.5, 0.6) is 0 Å². The highest BCUT2D eigenvalue weighted by atomic mass is 32.2. The van der Waals surface area contributed by atoms with E-state index in [0.717, 1.165) is 12.4 Å². The fraction of sp³-hybridized carbons (Fsp3) is 0.273. The first kappa shape index (κ1) is 8.85. The summed E-state index contributed by atoms with van der Waals surface area (Å²) in [5.74, 6) is 1.08. The van der Waals surface area contributed by atoms with E-state index in [-0.39, 0.29) is 0 Å². The summed E-state index contributed by atoms with van der Waals surface area (Å²) in [6.07, 6.45) is 2.36. The zero-order valence-corrected chi connectivity index (χ0v) is 8.22. The number of thioether (sulfide) groups is 1. The van der Waals surface area contributed by atoms with Crippen LogP contribution in [-0.4, -0.2) is 18.5 Å². The second-order valence-corrected chi connectivity index (χ2v) is 4.13. The van der Waals surface area contributed by atoms with E-state index in [2.05, 4.69) is 30.8 Å². The lowest BCUT2D eigenvalue weighted by Crippen LogP contribution is -1.87. The van der Waals surface area contributed by atoms with Crippen LogP contribution in [-0.2, 0) is 4.74 Å². The van der Waals surface area contributed by atoms with Crippen LogP contribution in [0.3, 0.4) is 0 Å². The molecule has 0 aliphatic carbocycles. The van der Waals surface area contributed by atoms with Crippen molar-refractivity contribution in [1.29, 1.82) is 0 Å². The Balaban J connectivity index is 1.91. The number of hydrogen-bond acceptors (Lipinski definition) is 2. The van der Waals surface area contributed by atoms with Gasteiger partial charge in [-0.1, -0.05) is 24.8 Å². The van der Waals surface area contributed by atoms with Crippen molar-refractivity contribution in [3.63, 3.8) is 0 Å². The molecular weight excluding hydrogens is 180 g/mol. The van der Waals surface area contributed by atoms with Crippen LogP contribution in [0.4, 0.5) is 0 Å². The highest BCUT2D eigenvalue weighted by Crippen LogP contribution is 2.24. The van der Waals surface area contributed by atoms with Crippen molar-refractivity contribution in [2.24, 2.45) is 0 Å². The zero-order chi connectivity index (χ0) is 9.10. The minimum absolute atomic E-state index is 0.504. The molecule has 2 heteroatoms. The van der Waals surface area contributed by atoms with Gasteiger partial charge in [-0.25, -0.2) is 0 Å². The summed E-state index contributed by atoms with van der Waals surface area (Å²) in [6.45, 7) is 4.66. The van der Waals surface area contributed by atoms with Crippen molar-refractivity contribution >= 4 is 17.8 Å². The lowest BCUT2D eigenvalue weighted by molar-refractivity contribution is 0.426. The van der Waals surface area contributed by atoms with Gasteiger partial charge in [0.2, 0.25) is 0 Å². The first-order valence-corrected chi connectivity index (χ1v) is 5.34. The molecule has 1 nitrogen and oxygen atoms in total. The Morgan fingerprint density at radius 3 is 2.69 bits per heavy atom. The average molecular weight is 192 g/mol. The highest BCUT2D eigenvalue weighted by Gasteiger charge is 2.21. The van der Waals surface area contributed by atoms with Gasteiger partial charge in [0.1, 0.15) is 0 Å². The molecule has 0 amide bonds. The standard InChI is InChI=1S/C11H12OS/c1-2-9-3-5-11(6-4-9)13-8-10-7-12-10/h2-6,10H,1,7-8H2. The van der Waals surface area contributed by atoms with Crippen molar-refractivity contribution in [2.45, 2.75) is 11.0 Å². The number of benzene rings is 1. The van der Waals surface area contributed by atoms with Crippen molar-refractivity contribution in [1.82, 2.24) is 0 Å². The van der Waals surface area contributed by atoms with E-state index in [9.17, 15) is 0 Å². The van der Waals surface area contributed by atoms with Crippen LogP contribution in [0.15, 0.2) is 35.7 Å². The lowest BCUT2D eigenvalue weighted by Gasteiger charge is -1.99. The maximum Gasteiger partial charge on any atom is 0.0903 e. The van der Waals surface area contributed by atoms with E-state index < -0.39 is 0 Å². The maximum atomic E-state index is 5.14. The van der Waals surface area contributed by atoms with Gasteiger partial charge in [-0.15, -0.1) is 11.8 Å². The molecule has 68 valence electrons. The van der Waals surface area contributed by atoms with E-state index >= 15 is 0 Å². The summed E-state index contributed by atoms with van der Waals surface area (Å²) in [5.41, 5.74) is 1.17. The Hall–Kier alpha value is -0.730. The molecule has 1 unspecified atom stereocenters. The molecule has 1 atom stereocenters. The molecule has 1 heterocycles. The molecular formula is C11H12OS. The maximum absolute atomic E-state index is 5.14. The van der Waals surface area contributed by atoms with Crippen molar-refractivity contribution in [3.05, 3.63) is 36.4 Å². The Bertz CT molecular complexity index is 287. The quantitative estimate of drug-likeness (QED) is 0.537. The van der Waals surface area contributed by atoms with Gasteiger partial charge in [0, 0.05) is 10.6 Å². The lowest BCUT2D eigenvalue weighted by atomic mass is 10.2. The van der Waals surface area contributed by atoms with Crippen LogP contribution in [0, 0.1) is 0 Å². The molecule has 1 fully saturated rings. The van der Waals surface area contributed by atoms with Gasteiger partial charge in [-0.05, 0) is 17.7 Å². The first-order chi connectivity index (χ1) is 6.38. The Morgan fingerprint density at radius 2 is 2.15 bits per heavy atom. The number of hydrogen-bond donors (Lipinski definition) is 0. The van der Waals surface area contributed by atoms with Crippen LogP contribution >= 0.6 is 11.8 Å². The molecule has 0 radical (unpaired) electrons. The van der Waals surface area contributed by atoms with Crippen molar-refractivity contribution < 1.29 is 4.74 Å². The number of ether oxygens (including phenoxy) is 1. The monoisotopic (exact) mass is 192 g/mol. The largest absolute Gasteiger partial charge is 0.372 e. The van der Waals surface area contributed by atoms with Gasteiger partial charge >= 0.3 is 0 Å². The first-order valence-electron chi connectivity index (χ1n) is 4.35. The summed E-state index contributed by atoms with van der Waals surface area (Å²) >= 11 is 1.85. The molecule has 1 aliphatic heterocycles. The fourth-order valence-electron chi connectivity index (χ4n) is 1.05. The molecule has 1 aliphatic rings. The van der Waals surface area contributed by atoms with E-state index in [4.69, 9.17) is 4.74 Å². The van der Waals surface area contributed by atoms with E-state index in [1.807, 2.05) is 17.8 Å².